The van der Waals surface area contributed by atoms with Crippen LogP contribution in [-0.4, -0.2) is 14.7 Å². The molecule has 0 amide bonds. The fourth-order valence-electron chi connectivity index (χ4n) is 2.58. The van der Waals surface area contributed by atoms with Crippen LogP contribution < -0.4 is 0 Å². The Kier molecular flexibility index (Phi) is 2.97. The molecule has 0 radical (unpaired) electrons. The summed E-state index contributed by atoms with van der Waals surface area (Å²) in [5.41, 5.74) is 4.27. The summed E-state index contributed by atoms with van der Waals surface area (Å²) >= 11 is 0. The molecule has 2 aromatic carbocycles. The number of aromatic hydroxyl groups is 1. The number of nitrogens with zero attached hydrogens (tertiary/aromatic N) is 2. The molecule has 102 valence electrons. The van der Waals surface area contributed by atoms with Gasteiger partial charge in [-0.1, -0.05) is 18.2 Å². The molecule has 0 unspecified atom stereocenters. The first-order valence-corrected chi connectivity index (χ1v) is 6.84. The van der Waals surface area contributed by atoms with Crippen molar-refractivity contribution >= 4 is 11.0 Å². The average molecular weight is 266 g/mol. The molecule has 0 aliphatic rings. The first-order chi connectivity index (χ1) is 9.56. The summed E-state index contributed by atoms with van der Waals surface area (Å²) < 4.78 is 2.21. The van der Waals surface area contributed by atoms with E-state index in [-0.39, 0.29) is 5.75 Å². The summed E-state index contributed by atoms with van der Waals surface area (Å²) in [4.78, 5) is 4.76. The Balaban J connectivity index is 2.32. The predicted octanol–water partition coefficient (Wildman–Crippen LogP) is 4.30. The molecule has 1 aromatic heterocycles. The van der Waals surface area contributed by atoms with E-state index in [9.17, 15) is 5.11 Å². The van der Waals surface area contributed by atoms with Gasteiger partial charge in [-0.25, -0.2) is 4.98 Å². The molecule has 0 atom stereocenters. The minimum atomic E-state index is 0.265. The summed E-state index contributed by atoms with van der Waals surface area (Å²) in [6.07, 6.45) is 0. The monoisotopic (exact) mass is 266 g/mol. The molecule has 3 nitrogen and oxygen atoms in total. The molecular formula is C17H18N2O. The molecule has 20 heavy (non-hydrogen) atoms. The SMILES string of the molecule is Cc1ccc2c(c1)nc(-c1cccc(O)c1)n2C(C)C. The fourth-order valence-corrected chi connectivity index (χ4v) is 2.58. The van der Waals surface area contributed by atoms with Gasteiger partial charge in [-0.05, 0) is 50.6 Å². The van der Waals surface area contributed by atoms with Gasteiger partial charge in [0.2, 0.25) is 0 Å². The number of imidazole rings is 1. The summed E-state index contributed by atoms with van der Waals surface area (Å²) in [6, 6.07) is 13.9. The highest BCUT2D eigenvalue weighted by Crippen LogP contribution is 2.30. The van der Waals surface area contributed by atoms with Gasteiger partial charge in [0.05, 0.1) is 11.0 Å². The Labute approximate surface area is 118 Å². The van der Waals surface area contributed by atoms with Crippen molar-refractivity contribution in [3.05, 3.63) is 48.0 Å². The van der Waals surface area contributed by atoms with E-state index < -0.39 is 0 Å². The lowest BCUT2D eigenvalue weighted by Gasteiger charge is -2.13. The summed E-state index contributed by atoms with van der Waals surface area (Å²) in [5.74, 6) is 1.16. The summed E-state index contributed by atoms with van der Waals surface area (Å²) in [7, 11) is 0. The van der Waals surface area contributed by atoms with Crippen LogP contribution in [0.4, 0.5) is 0 Å². The number of fused-ring (bicyclic) bond motifs is 1. The number of aromatic nitrogens is 2. The molecule has 0 saturated carbocycles. The topological polar surface area (TPSA) is 38.1 Å². The van der Waals surface area contributed by atoms with Gasteiger partial charge >= 0.3 is 0 Å². The number of hydrogen-bond acceptors (Lipinski definition) is 2. The maximum Gasteiger partial charge on any atom is 0.141 e. The lowest BCUT2D eigenvalue weighted by molar-refractivity contribution is 0.475. The Hall–Kier alpha value is -2.29. The zero-order valence-electron chi connectivity index (χ0n) is 12.0. The van der Waals surface area contributed by atoms with Gasteiger partial charge in [-0.15, -0.1) is 0 Å². The third-order valence-electron chi connectivity index (χ3n) is 3.47. The smallest absolute Gasteiger partial charge is 0.141 e. The van der Waals surface area contributed by atoms with Crippen LogP contribution in [0.3, 0.4) is 0 Å². The van der Waals surface area contributed by atoms with Crippen LogP contribution in [-0.2, 0) is 0 Å². The van der Waals surface area contributed by atoms with Gasteiger partial charge in [0.1, 0.15) is 11.6 Å². The molecule has 0 bridgehead atoms. The Morgan fingerprint density at radius 3 is 2.60 bits per heavy atom. The largest absolute Gasteiger partial charge is 0.508 e. The van der Waals surface area contributed by atoms with E-state index in [1.807, 2.05) is 12.1 Å². The highest BCUT2D eigenvalue weighted by Gasteiger charge is 2.15. The van der Waals surface area contributed by atoms with Crippen LogP contribution in [0.25, 0.3) is 22.4 Å². The van der Waals surface area contributed by atoms with Crippen LogP contribution in [0, 0.1) is 6.92 Å². The first kappa shape index (κ1) is 12.7. The number of phenolic OH excluding ortho intramolecular Hbond substituents is 1. The van der Waals surface area contributed by atoms with Gasteiger partial charge in [0, 0.05) is 11.6 Å². The molecule has 0 aliphatic carbocycles. The third kappa shape index (κ3) is 2.05. The maximum atomic E-state index is 9.69. The summed E-state index contributed by atoms with van der Waals surface area (Å²) in [5, 5.41) is 9.69. The molecule has 3 heteroatoms. The Bertz CT molecular complexity index is 772. The lowest BCUT2D eigenvalue weighted by atomic mass is 10.2. The second kappa shape index (κ2) is 4.67. The van der Waals surface area contributed by atoms with Crippen LogP contribution in [0.2, 0.25) is 0 Å². The van der Waals surface area contributed by atoms with Crippen molar-refractivity contribution in [2.45, 2.75) is 26.8 Å². The van der Waals surface area contributed by atoms with Gasteiger partial charge in [-0.2, -0.15) is 0 Å². The number of aryl methyl sites for hydroxylation is 1. The van der Waals surface area contributed by atoms with E-state index in [0.717, 1.165) is 22.4 Å². The maximum absolute atomic E-state index is 9.69. The molecular weight excluding hydrogens is 248 g/mol. The molecule has 3 rings (SSSR count). The van der Waals surface area contributed by atoms with E-state index in [0.29, 0.717) is 6.04 Å². The second-order valence-electron chi connectivity index (χ2n) is 5.44. The van der Waals surface area contributed by atoms with Crippen molar-refractivity contribution in [1.29, 1.82) is 0 Å². The zero-order chi connectivity index (χ0) is 14.3. The van der Waals surface area contributed by atoms with Crippen molar-refractivity contribution in [2.75, 3.05) is 0 Å². The van der Waals surface area contributed by atoms with Crippen molar-refractivity contribution in [2.24, 2.45) is 0 Å². The number of benzene rings is 2. The molecule has 1 heterocycles. The number of hydrogen-bond donors (Lipinski definition) is 1. The predicted molar refractivity (Wildman–Crippen MR) is 82.0 cm³/mol. The minimum absolute atomic E-state index is 0.265. The van der Waals surface area contributed by atoms with Crippen LogP contribution in [0.5, 0.6) is 5.75 Å². The van der Waals surface area contributed by atoms with Crippen LogP contribution in [0.1, 0.15) is 25.5 Å². The molecule has 0 aliphatic heterocycles. The van der Waals surface area contributed by atoms with Gasteiger partial charge in [0.15, 0.2) is 0 Å². The van der Waals surface area contributed by atoms with Crippen molar-refractivity contribution in [3.63, 3.8) is 0 Å². The Morgan fingerprint density at radius 2 is 1.90 bits per heavy atom. The molecule has 0 saturated heterocycles. The average Bonchev–Trinajstić information content (AvgIpc) is 2.77. The van der Waals surface area contributed by atoms with Crippen molar-refractivity contribution in [3.8, 4) is 17.1 Å². The van der Waals surface area contributed by atoms with Crippen LogP contribution >= 0.6 is 0 Å². The molecule has 0 spiro atoms. The molecule has 0 fully saturated rings. The van der Waals surface area contributed by atoms with E-state index in [2.05, 4.69) is 43.5 Å². The molecule has 1 N–H and O–H groups in total. The fraction of sp³-hybridized carbons (Fsp3) is 0.235. The standard InChI is InChI=1S/C17H18N2O/c1-11(2)19-16-8-7-12(3)9-15(16)18-17(19)13-5-4-6-14(20)10-13/h4-11,20H,1-3H3. The molecule has 3 aromatic rings. The summed E-state index contributed by atoms with van der Waals surface area (Å²) in [6.45, 7) is 6.36. The van der Waals surface area contributed by atoms with Gasteiger partial charge in [-0.3, -0.25) is 0 Å². The normalized spacial score (nSPS) is 11.4. The number of phenols is 1. The van der Waals surface area contributed by atoms with E-state index in [1.54, 1.807) is 12.1 Å². The first-order valence-electron chi connectivity index (χ1n) is 6.84. The van der Waals surface area contributed by atoms with Gasteiger partial charge < -0.3 is 9.67 Å². The lowest BCUT2D eigenvalue weighted by Crippen LogP contribution is -2.02. The highest BCUT2D eigenvalue weighted by molar-refractivity contribution is 5.81. The second-order valence-corrected chi connectivity index (χ2v) is 5.44. The van der Waals surface area contributed by atoms with E-state index >= 15 is 0 Å². The minimum Gasteiger partial charge on any atom is -0.508 e. The van der Waals surface area contributed by atoms with Crippen LogP contribution in [0.15, 0.2) is 42.5 Å². The van der Waals surface area contributed by atoms with Crippen molar-refractivity contribution in [1.82, 2.24) is 9.55 Å². The van der Waals surface area contributed by atoms with E-state index in [4.69, 9.17) is 4.98 Å². The van der Waals surface area contributed by atoms with Crippen molar-refractivity contribution < 1.29 is 5.11 Å². The van der Waals surface area contributed by atoms with Gasteiger partial charge in [0.25, 0.3) is 0 Å². The van der Waals surface area contributed by atoms with E-state index in [1.165, 1.54) is 5.56 Å². The third-order valence-corrected chi connectivity index (χ3v) is 3.47. The number of rotatable bonds is 2. The quantitative estimate of drug-likeness (QED) is 0.751. The zero-order valence-corrected chi connectivity index (χ0v) is 12.0. The Morgan fingerprint density at radius 1 is 1.10 bits per heavy atom. The highest BCUT2D eigenvalue weighted by atomic mass is 16.3.